The Morgan fingerprint density at radius 2 is 1.79 bits per heavy atom. The van der Waals surface area contributed by atoms with Gasteiger partial charge in [-0.25, -0.2) is 0 Å². The van der Waals surface area contributed by atoms with Crippen molar-refractivity contribution < 1.29 is 4.79 Å². The minimum Gasteiger partial charge on any atom is -0.328 e. The van der Waals surface area contributed by atoms with Gasteiger partial charge >= 0.3 is 0 Å². The maximum atomic E-state index is 12.9. The number of hydrogen-bond donors (Lipinski definition) is 1. The fourth-order valence-electron chi connectivity index (χ4n) is 3.75. The van der Waals surface area contributed by atoms with Crippen molar-refractivity contribution in [2.45, 2.75) is 38.1 Å². The molecule has 0 spiro atoms. The van der Waals surface area contributed by atoms with Crippen LogP contribution in [-0.2, 0) is 4.79 Å². The molecule has 0 unspecified atom stereocenters. The average molecular weight is 336 g/mol. The van der Waals surface area contributed by atoms with Crippen molar-refractivity contribution >= 4 is 40.1 Å². The van der Waals surface area contributed by atoms with E-state index in [-0.39, 0.29) is 11.9 Å². The Bertz CT molecular complexity index is 831. The van der Waals surface area contributed by atoms with Gasteiger partial charge in [0.2, 0.25) is 0 Å². The highest BCUT2D eigenvalue weighted by Crippen LogP contribution is 2.28. The van der Waals surface area contributed by atoms with Gasteiger partial charge in [-0.15, -0.1) is 0 Å². The number of thiocarbonyl (C=S) groups is 1. The van der Waals surface area contributed by atoms with E-state index in [1.165, 1.54) is 24.6 Å². The average Bonchev–Trinajstić information content (AvgIpc) is 2.90. The molecular weight excluding hydrogens is 316 g/mol. The lowest BCUT2D eigenvalue weighted by atomic mass is 9.94. The summed E-state index contributed by atoms with van der Waals surface area (Å²) in [5, 5.41) is 6.00. The highest BCUT2D eigenvalue weighted by molar-refractivity contribution is 7.80. The van der Waals surface area contributed by atoms with Crippen LogP contribution in [0, 0.1) is 0 Å². The molecule has 1 saturated carbocycles. The normalized spacial score (nSPS) is 20.8. The molecular formula is C20H20N2OS. The van der Waals surface area contributed by atoms with Crippen molar-refractivity contribution in [3.8, 4) is 0 Å². The number of benzene rings is 2. The topological polar surface area (TPSA) is 32.3 Å². The van der Waals surface area contributed by atoms with Gasteiger partial charge in [-0.2, -0.15) is 0 Å². The van der Waals surface area contributed by atoms with Gasteiger partial charge < -0.3 is 5.32 Å². The van der Waals surface area contributed by atoms with Crippen molar-refractivity contribution in [2.75, 3.05) is 0 Å². The summed E-state index contributed by atoms with van der Waals surface area (Å²) in [6.07, 6.45) is 7.65. The molecule has 1 heterocycles. The third-order valence-electron chi connectivity index (χ3n) is 4.97. The summed E-state index contributed by atoms with van der Waals surface area (Å²) in [6, 6.07) is 14.6. The van der Waals surface area contributed by atoms with Crippen LogP contribution in [0.25, 0.3) is 16.8 Å². The maximum absolute atomic E-state index is 12.9. The van der Waals surface area contributed by atoms with Gasteiger partial charge in [-0.05, 0) is 47.5 Å². The van der Waals surface area contributed by atoms with E-state index in [4.69, 9.17) is 12.2 Å². The van der Waals surface area contributed by atoms with Gasteiger partial charge in [0.25, 0.3) is 5.91 Å². The van der Waals surface area contributed by atoms with E-state index in [0.717, 1.165) is 23.8 Å². The third-order valence-corrected chi connectivity index (χ3v) is 5.27. The molecule has 1 saturated heterocycles. The summed E-state index contributed by atoms with van der Waals surface area (Å²) in [5.41, 5.74) is 1.62. The molecule has 2 aromatic rings. The fourth-order valence-corrected chi connectivity index (χ4v) is 4.09. The predicted molar refractivity (Wildman–Crippen MR) is 101 cm³/mol. The van der Waals surface area contributed by atoms with Crippen LogP contribution in [0.4, 0.5) is 0 Å². The summed E-state index contributed by atoms with van der Waals surface area (Å²) in [5.74, 6) is 0.0137. The Morgan fingerprint density at radius 1 is 1.04 bits per heavy atom. The zero-order valence-corrected chi connectivity index (χ0v) is 14.3. The van der Waals surface area contributed by atoms with E-state index in [9.17, 15) is 4.79 Å². The lowest BCUT2D eigenvalue weighted by Gasteiger charge is -2.29. The highest BCUT2D eigenvalue weighted by atomic mass is 32.1. The second-order valence-electron chi connectivity index (χ2n) is 6.52. The van der Waals surface area contributed by atoms with E-state index in [0.29, 0.717) is 10.8 Å². The van der Waals surface area contributed by atoms with Crippen molar-refractivity contribution in [2.24, 2.45) is 0 Å². The molecule has 4 rings (SSSR count). The van der Waals surface area contributed by atoms with Crippen LogP contribution in [0.3, 0.4) is 0 Å². The number of carbonyl (C=O) groups excluding carboxylic acids is 1. The molecule has 1 aliphatic carbocycles. The first-order chi connectivity index (χ1) is 11.7. The second kappa shape index (κ2) is 6.36. The molecule has 2 aliphatic rings. The smallest absolute Gasteiger partial charge is 0.276 e. The number of nitrogens with one attached hydrogen (secondary N) is 1. The summed E-state index contributed by atoms with van der Waals surface area (Å²) < 4.78 is 0. The standard InChI is InChI=1S/C20H20N2OS/c23-19-18(21-20(24)22(19)16-10-2-1-3-11-16)13-15-9-6-8-14-7-4-5-12-17(14)15/h4-9,12-13,16H,1-3,10-11H2,(H,21,24)/b18-13-. The van der Waals surface area contributed by atoms with Crippen LogP contribution in [0.2, 0.25) is 0 Å². The molecule has 122 valence electrons. The van der Waals surface area contributed by atoms with Crippen molar-refractivity contribution in [1.29, 1.82) is 0 Å². The second-order valence-corrected chi connectivity index (χ2v) is 6.91. The van der Waals surface area contributed by atoms with Gasteiger partial charge in [0.15, 0.2) is 5.11 Å². The SMILES string of the molecule is O=C1/C(=C/c2cccc3ccccc23)NC(=S)N1C1CCCCC1. The third kappa shape index (κ3) is 2.71. The Labute approximate surface area is 147 Å². The molecule has 1 N–H and O–H groups in total. The number of rotatable bonds is 2. The molecule has 1 amide bonds. The predicted octanol–water partition coefficient (Wildman–Crippen LogP) is 4.23. The molecule has 4 heteroatoms. The number of fused-ring (bicyclic) bond motifs is 1. The van der Waals surface area contributed by atoms with Crippen molar-refractivity contribution in [1.82, 2.24) is 10.2 Å². The van der Waals surface area contributed by atoms with Gasteiger partial charge in [0.05, 0.1) is 0 Å². The minimum absolute atomic E-state index is 0.0137. The Balaban J connectivity index is 1.67. The first-order valence-electron chi connectivity index (χ1n) is 8.58. The maximum Gasteiger partial charge on any atom is 0.276 e. The van der Waals surface area contributed by atoms with Gasteiger partial charge in [0.1, 0.15) is 5.70 Å². The summed E-state index contributed by atoms with van der Waals surface area (Å²) >= 11 is 5.44. The summed E-state index contributed by atoms with van der Waals surface area (Å²) in [7, 11) is 0. The summed E-state index contributed by atoms with van der Waals surface area (Å²) in [4.78, 5) is 14.7. The zero-order chi connectivity index (χ0) is 16.5. The number of nitrogens with zero attached hydrogens (tertiary/aromatic N) is 1. The van der Waals surface area contributed by atoms with Gasteiger partial charge in [-0.3, -0.25) is 9.69 Å². The number of amides is 1. The van der Waals surface area contributed by atoms with Crippen LogP contribution in [-0.4, -0.2) is 22.0 Å². The fraction of sp³-hybridized carbons (Fsp3) is 0.300. The van der Waals surface area contributed by atoms with Crippen molar-refractivity contribution in [3.05, 3.63) is 53.7 Å². The number of carbonyl (C=O) groups is 1. The quantitative estimate of drug-likeness (QED) is 0.658. The Kier molecular flexibility index (Phi) is 4.07. The largest absolute Gasteiger partial charge is 0.328 e. The highest BCUT2D eigenvalue weighted by Gasteiger charge is 2.36. The van der Waals surface area contributed by atoms with Gasteiger partial charge in [-0.1, -0.05) is 61.7 Å². The molecule has 0 atom stereocenters. The molecule has 3 nitrogen and oxygen atoms in total. The molecule has 0 bridgehead atoms. The van der Waals surface area contributed by atoms with Crippen LogP contribution in [0.15, 0.2) is 48.2 Å². The first kappa shape index (κ1) is 15.3. The van der Waals surface area contributed by atoms with Crippen LogP contribution >= 0.6 is 12.2 Å². The van der Waals surface area contributed by atoms with Gasteiger partial charge in [0, 0.05) is 6.04 Å². The number of hydrogen-bond acceptors (Lipinski definition) is 2. The summed E-state index contributed by atoms with van der Waals surface area (Å²) in [6.45, 7) is 0. The van der Waals surface area contributed by atoms with Crippen LogP contribution in [0.5, 0.6) is 0 Å². The minimum atomic E-state index is 0.0137. The van der Waals surface area contributed by atoms with Crippen molar-refractivity contribution in [3.63, 3.8) is 0 Å². The van der Waals surface area contributed by atoms with E-state index in [1.54, 1.807) is 4.90 Å². The van der Waals surface area contributed by atoms with E-state index >= 15 is 0 Å². The monoisotopic (exact) mass is 336 g/mol. The van der Waals surface area contributed by atoms with E-state index in [1.807, 2.05) is 30.3 Å². The molecule has 0 radical (unpaired) electrons. The molecule has 1 aliphatic heterocycles. The lowest BCUT2D eigenvalue weighted by Crippen LogP contribution is -2.41. The van der Waals surface area contributed by atoms with E-state index in [2.05, 4.69) is 23.5 Å². The van der Waals surface area contributed by atoms with E-state index < -0.39 is 0 Å². The first-order valence-corrected chi connectivity index (χ1v) is 8.99. The molecule has 2 aromatic carbocycles. The Hall–Kier alpha value is -2.20. The molecule has 2 fully saturated rings. The van der Waals surface area contributed by atoms with Crippen LogP contribution < -0.4 is 5.32 Å². The lowest BCUT2D eigenvalue weighted by molar-refractivity contribution is -0.124. The molecule has 0 aromatic heterocycles. The van der Waals surface area contributed by atoms with Crippen LogP contribution in [0.1, 0.15) is 37.7 Å². The zero-order valence-electron chi connectivity index (χ0n) is 13.5. The molecule has 24 heavy (non-hydrogen) atoms. The Morgan fingerprint density at radius 3 is 2.62 bits per heavy atom.